The summed E-state index contributed by atoms with van der Waals surface area (Å²) in [4.78, 5) is 0. The van der Waals surface area contributed by atoms with Gasteiger partial charge < -0.3 is 24.9 Å². The van der Waals surface area contributed by atoms with E-state index in [1.807, 2.05) is 48.5 Å². The van der Waals surface area contributed by atoms with E-state index in [0.717, 1.165) is 10.9 Å². The zero-order valence-electron chi connectivity index (χ0n) is 14.1. The first kappa shape index (κ1) is 17.7. The second kappa shape index (κ2) is 7.83. The van der Waals surface area contributed by atoms with Gasteiger partial charge in [0.05, 0.1) is 19.2 Å². The van der Waals surface area contributed by atoms with Crippen LogP contribution in [-0.2, 0) is 6.54 Å². The molecule has 0 saturated heterocycles. The molecule has 0 unspecified atom stereocenters. The summed E-state index contributed by atoms with van der Waals surface area (Å²) >= 11 is 4.71. The average Bonchev–Trinajstić information content (AvgIpc) is 2.92. The van der Waals surface area contributed by atoms with E-state index in [1.165, 1.54) is 0 Å². The van der Waals surface area contributed by atoms with E-state index in [2.05, 4.69) is 10.2 Å². The monoisotopic (exact) mass is 370 g/mol. The highest BCUT2D eigenvalue weighted by atomic mass is 32.1. The number of aromatic hydroxyl groups is 1. The Bertz CT molecular complexity index is 968. The summed E-state index contributed by atoms with van der Waals surface area (Å²) in [6, 6.07) is 14.9. The van der Waals surface area contributed by atoms with Crippen LogP contribution >= 0.6 is 12.2 Å². The molecule has 7 nitrogen and oxygen atoms in total. The number of aromatic nitrogens is 1. The lowest BCUT2D eigenvalue weighted by Gasteiger charge is -2.11. The molecule has 0 aliphatic carbocycles. The molecule has 3 rings (SSSR count). The molecule has 1 aromatic heterocycles. The van der Waals surface area contributed by atoms with Gasteiger partial charge in [-0.25, -0.2) is 0 Å². The Morgan fingerprint density at radius 1 is 1.15 bits per heavy atom. The molecule has 8 heteroatoms. The van der Waals surface area contributed by atoms with Crippen molar-refractivity contribution in [1.82, 2.24) is 4.57 Å². The minimum Gasteiger partial charge on any atom is -0.493 e. The Balaban J connectivity index is 1.86. The van der Waals surface area contributed by atoms with Crippen molar-refractivity contribution in [2.45, 2.75) is 6.54 Å². The normalized spacial score (nSPS) is 11.1. The maximum absolute atomic E-state index is 10.6. The number of para-hydroxylation sites is 3. The standard InChI is InChI=1S/C18H18N4O3S/c1-24-14-8-4-5-9-15(14)25-11-10-22-13-7-3-2-6-12(13)16(17(22)23)20-21-18(19)26/h2-9,23H,10-11H2,1H3,(H2,19,26). The highest BCUT2D eigenvalue weighted by molar-refractivity contribution is 7.80. The Morgan fingerprint density at radius 3 is 2.58 bits per heavy atom. The van der Waals surface area contributed by atoms with Crippen molar-refractivity contribution in [3.8, 4) is 17.4 Å². The zero-order valence-corrected chi connectivity index (χ0v) is 14.9. The van der Waals surface area contributed by atoms with E-state index in [0.29, 0.717) is 30.3 Å². The van der Waals surface area contributed by atoms with E-state index < -0.39 is 0 Å². The fraction of sp³-hybridized carbons (Fsp3) is 0.167. The third-order valence-electron chi connectivity index (χ3n) is 3.81. The van der Waals surface area contributed by atoms with Gasteiger partial charge in [-0.2, -0.15) is 0 Å². The summed E-state index contributed by atoms with van der Waals surface area (Å²) in [5, 5.41) is 18.9. The molecule has 0 spiro atoms. The van der Waals surface area contributed by atoms with Crippen LogP contribution in [0.25, 0.3) is 10.9 Å². The van der Waals surface area contributed by atoms with E-state index in [9.17, 15) is 5.11 Å². The number of methoxy groups -OCH3 is 1. The van der Waals surface area contributed by atoms with Gasteiger partial charge in [-0.15, -0.1) is 10.2 Å². The molecule has 3 aromatic rings. The number of rotatable bonds is 6. The molecular formula is C18H18N4O3S. The van der Waals surface area contributed by atoms with Crippen molar-refractivity contribution in [1.29, 1.82) is 0 Å². The van der Waals surface area contributed by atoms with Crippen molar-refractivity contribution in [2.24, 2.45) is 16.0 Å². The van der Waals surface area contributed by atoms with Gasteiger partial charge in [0, 0.05) is 5.39 Å². The molecule has 134 valence electrons. The first-order valence-electron chi connectivity index (χ1n) is 7.89. The number of nitrogens with zero attached hydrogens (tertiary/aromatic N) is 3. The third kappa shape index (κ3) is 3.60. The third-order valence-corrected chi connectivity index (χ3v) is 3.89. The van der Waals surface area contributed by atoms with Gasteiger partial charge in [0.25, 0.3) is 0 Å². The van der Waals surface area contributed by atoms with Gasteiger partial charge >= 0.3 is 0 Å². The van der Waals surface area contributed by atoms with Gasteiger partial charge in [-0.3, -0.25) is 0 Å². The summed E-state index contributed by atoms with van der Waals surface area (Å²) in [6.45, 7) is 0.742. The molecule has 3 N–H and O–H groups in total. The van der Waals surface area contributed by atoms with Crippen LogP contribution in [0.3, 0.4) is 0 Å². The van der Waals surface area contributed by atoms with Crippen LogP contribution in [0.1, 0.15) is 0 Å². The average molecular weight is 370 g/mol. The molecule has 0 aliphatic heterocycles. The predicted molar refractivity (Wildman–Crippen MR) is 103 cm³/mol. The minimum atomic E-state index is -0.0965. The van der Waals surface area contributed by atoms with E-state index in [4.69, 9.17) is 27.4 Å². The maximum atomic E-state index is 10.6. The summed E-state index contributed by atoms with van der Waals surface area (Å²) < 4.78 is 12.8. The van der Waals surface area contributed by atoms with Crippen LogP contribution in [0, 0.1) is 0 Å². The number of fused-ring (bicyclic) bond motifs is 1. The molecule has 0 aliphatic rings. The minimum absolute atomic E-state index is 0.0187. The quantitative estimate of drug-likeness (QED) is 0.509. The van der Waals surface area contributed by atoms with Crippen LogP contribution in [-0.4, -0.2) is 28.5 Å². The molecular weight excluding hydrogens is 352 g/mol. The fourth-order valence-electron chi connectivity index (χ4n) is 2.68. The van der Waals surface area contributed by atoms with E-state index in [1.54, 1.807) is 11.7 Å². The van der Waals surface area contributed by atoms with Crippen molar-refractivity contribution in [2.75, 3.05) is 13.7 Å². The lowest BCUT2D eigenvalue weighted by atomic mass is 10.2. The fourth-order valence-corrected chi connectivity index (χ4v) is 2.72. The van der Waals surface area contributed by atoms with Crippen LogP contribution in [0.2, 0.25) is 0 Å². The molecule has 2 aromatic carbocycles. The number of benzene rings is 2. The molecule has 26 heavy (non-hydrogen) atoms. The lowest BCUT2D eigenvalue weighted by Crippen LogP contribution is -2.08. The highest BCUT2D eigenvalue weighted by Crippen LogP contribution is 2.38. The van der Waals surface area contributed by atoms with Crippen LogP contribution in [0.4, 0.5) is 5.69 Å². The Hall–Kier alpha value is -3.13. The summed E-state index contributed by atoms with van der Waals surface area (Å²) in [5.41, 5.74) is 6.50. The van der Waals surface area contributed by atoms with Gasteiger partial charge in [0.15, 0.2) is 17.2 Å². The molecule has 0 amide bonds. The number of nitrogens with two attached hydrogens (primary N) is 1. The Labute approximate surface area is 155 Å². The number of ether oxygens (including phenoxy) is 2. The van der Waals surface area contributed by atoms with Gasteiger partial charge in [-0.05, 0) is 30.4 Å². The lowest BCUT2D eigenvalue weighted by molar-refractivity contribution is 0.274. The zero-order chi connectivity index (χ0) is 18.5. The Morgan fingerprint density at radius 2 is 1.85 bits per heavy atom. The number of azo groups is 1. The topological polar surface area (TPSA) is 94.4 Å². The second-order valence-electron chi connectivity index (χ2n) is 5.38. The molecule has 0 atom stereocenters. The van der Waals surface area contributed by atoms with Gasteiger partial charge in [0.1, 0.15) is 6.61 Å². The maximum Gasteiger partial charge on any atom is 0.220 e. The molecule has 1 heterocycles. The number of hydrogen-bond donors (Lipinski definition) is 2. The predicted octanol–water partition coefficient (Wildman–Crippen LogP) is 3.76. The van der Waals surface area contributed by atoms with E-state index in [-0.39, 0.29) is 11.0 Å². The molecule has 0 saturated carbocycles. The smallest absolute Gasteiger partial charge is 0.220 e. The van der Waals surface area contributed by atoms with Crippen LogP contribution in [0.5, 0.6) is 17.4 Å². The SMILES string of the molecule is COc1ccccc1OCCn1c(O)c(N=NC(N)=S)c2ccccc21. The van der Waals surface area contributed by atoms with Crippen molar-refractivity contribution in [3.63, 3.8) is 0 Å². The largest absolute Gasteiger partial charge is 0.493 e. The van der Waals surface area contributed by atoms with Gasteiger partial charge in [-0.1, -0.05) is 30.3 Å². The van der Waals surface area contributed by atoms with Crippen molar-refractivity contribution >= 4 is 33.9 Å². The second-order valence-corrected chi connectivity index (χ2v) is 5.80. The van der Waals surface area contributed by atoms with Crippen molar-refractivity contribution in [3.05, 3.63) is 48.5 Å². The molecule has 0 fully saturated rings. The number of hydrogen-bond acceptors (Lipinski definition) is 5. The van der Waals surface area contributed by atoms with Gasteiger partial charge in [0.2, 0.25) is 11.0 Å². The summed E-state index contributed by atoms with van der Waals surface area (Å²) in [5.74, 6) is 1.27. The Kier molecular flexibility index (Phi) is 5.33. The van der Waals surface area contributed by atoms with Crippen molar-refractivity contribution < 1.29 is 14.6 Å². The van der Waals surface area contributed by atoms with E-state index >= 15 is 0 Å². The highest BCUT2D eigenvalue weighted by Gasteiger charge is 2.16. The molecule has 0 radical (unpaired) electrons. The first-order chi connectivity index (χ1) is 12.6. The summed E-state index contributed by atoms with van der Waals surface area (Å²) in [6.07, 6.45) is 0. The van der Waals surface area contributed by atoms with Crippen LogP contribution in [0.15, 0.2) is 58.8 Å². The van der Waals surface area contributed by atoms with Crippen LogP contribution < -0.4 is 15.2 Å². The summed E-state index contributed by atoms with van der Waals surface area (Å²) in [7, 11) is 1.59. The number of thiocarbonyl (C=S) groups is 1. The molecule has 0 bridgehead atoms. The first-order valence-corrected chi connectivity index (χ1v) is 8.30.